The topological polar surface area (TPSA) is 119 Å². The quantitative estimate of drug-likeness (QED) is 0.0749. The molecule has 1 saturated heterocycles. The number of alkyl halides is 1. The van der Waals surface area contributed by atoms with Crippen molar-refractivity contribution < 1.29 is 32.2 Å². The highest BCUT2D eigenvalue weighted by Crippen LogP contribution is 2.47. The van der Waals surface area contributed by atoms with Gasteiger partial charge in [-0.25, -0.2) is 19.3 Å². The molecule has 1 N–H and O–H groups in total. The normalized spacial score (nSPS) is 19.2. The predicted molar refractivity (Wildman–Crippen MR) is 219 cm³/mol. The molecular weight excluding hydrogens is 756 g/mol. The van der Waals surface area contributed by atoms with Crippen molar-refractivity contribution in [3.05, 3.63) is 186 Å². The molecule has 0 bridgehead atoms. The monoisotopic (exact) mass is 799 g/mol. The van der Waals surface area contributed by atoms with Crippen LogP contribution < -0.4 is 10.1 Å². The Bertz CT molecular complexity index is 2350. The minimum absolute atomic E-state index is 0.0760. The predicted octanol–water partition coefficient (Wildman–Crippen LogP) is 9.12. The fourth-order valence-electron chi connectivity index (χ4n) is 7.24. The number of hydrogen-bond donors (Lipinski definition) is 1. The van der Waals surface area contributed by atoms with Gasteiger partial charge in [0.2, 0.25) is 0 Å². The van der Waals surface area contributed by atoms with Crippen molar-refractivity contribution in [1.82, 2.24) is 19.5 Å². The lowest BCUT2D eigenvalue weighted by Crippen LogP contribution is -2.38. The number of imidazole rings is 1. The van der Waals surface area contributed by atoms with Gasteiger partial charge in [-0.2, -0.15) is 0 Å². The largest absolute Gasteiger partial charge is 0.497 e. The van der Waals surface area contributed by atoms with E-state index in [-0.39, 0.29) is 19.8 Å². The van der Waals surface area contributed by atoms with Gasteiger partial charge in [0.25, 0.3) is 0 Å². The van der Waals surface area contributed by atoms with Crippen molar-refractivity contribution in [1.29, 1.82) is 0 Å². The summed E-state index contributed by atoms with van der Waals surface area (Å²) in [6.07, 6.45) is -2.00. The average molecular weight is 800 g/mol. The lowest BCUT2D eigenvalue weighted by molar-refractivity contribution is -0.0733. The van der Waals surface area contributed by atoms with Gasteiger partial charge in [0.15, 0.2) is 29.4 Å². The number of fused-ring (bicyclic) bond motifs is 1. The molecule has 11 nitrogen and oxygen atoms in total. The zero-order valence-electron chi connectivity index (χ0n) is 32.0. The molecule has 13 heteroatoms. The van der Waals surface area contributed by atoms with E-state index in [1.165, 1.54) is 13.0 Å². The maximum atomic E-state index is 16.6. The van der Waals surface area contributed by atoms with E-state index in [1.54, 1.807) is 18.0 Å². The first-order valence-corrected chi connectivity index (χ1v) is 20.9. The number of rotatable bonds is 16. The molecule has 7 aromatic rings. The molecule has 5 aromatic carbocycles. The molecule has 3 heterocycles. The lowest BCUT2D eigenvalue weighted by Gasteiger charge is -2.37. The first kappa shape index (κ1) is 39.1. The third-order valence-corrected chi connectivity index (χ3v) is 11.4. The molecule has 2 unspecified atom stereocenters. The van der Waals surface area contributed by atoms with Crippen LogP contribution in [0, 0.1) is 0 Å². The number of nitrogens with one attached hydrogen (secondary N) is 1. The number of aromatic nitrogens is 4. The van der Waals surface area contributed by atoms with E-state index in [4.69, 9.17) is 33.2 Å². The van der Waals surface area contributed by atoms with Crippen LogP contribution in [0.5, 0.6) is 5.75 Å². The maximum absolute atomic E-state index is 16.6. The molecule has 5 atom stereocenters. The molecule has 0 aliphatic carbocycles. The van der Waals surface area contributed by atoms with E-state index in [2.05, 4.69) is 46.7 Å². The molecule has 0 spiro atoms. The number of benzene rings is 5. The van der Waals surface area contributed by atoms with E-state index in [0.717, 1.165) is 27.8 Å². The third-order valence-electron chi connectivity index (χ3n) is 10.2. The summed E-state index contributed by atoms with van der Waals surface area (Å²) in [6.45, 7) is 1.18. The number of halogens is 1. The summed E-state index contributed by atoms with van der Waals surface area (Å²) in [5, 5.41) is 3.79. The zero-order chi connectivity index (χ0) is 40.0. The van der Waals surface area contributed by atoms with Gasteiger partial charge in [-0.3, -0.25) is 9.13 Å². The van der Waals surface area contributed by atoms with Crippen molar-refractivity contribution in [2.75, 3.05) is 25.7 Å². The van der Waals surface area contributed by atoms with E-state index in [9.17, 15) is 4.57 Å². The Morgan fingerprint density at radius 2 is 1.31 bits per heavy atom. The van der Waals surface area contributed by atoms with Crippen LogP contribution in [-0.2, 0) is 41.8 Å². The summed E-state index contributed by atoms with van der Waals surface area (Å²) < 4.78 is 61.0. The average Bonchev–Trinajstić information content (AvgIpc) is 3.85. The molecule has 2 aromatic heterocycles. The second-order valence-electron chi connectivity index (χ2n) is 14.0. The Morgan fingerprint density at radius 3 is 1.90 bits per heavy atom. The highest BCUT2D eigenvalue weighted by molar-refractivity contribution is 7.52. The Morgan fingerprint density at radius 1 is 0.741 bits per heavy atom. The van der Waals surface area contributed by atoms with Gasteiger partial charge >= 0.3 is 7.60 Å². The summed E-state index contributed by atoms with van der Waals surface area (Å²) in [5.74, 6) is 1.14. The second kappa shape index (κ2) is 17.4. The molecule has 1 aliphatic heterocycles. The van der Waals surface area contributed by atoms with E-state index in [0.29, 0.717) is 22.7 Å². The molecule has 0 amide bonds. The van der Waals surface area contributed by atoms with Crippen LogP contribution in [0.3, 0.4) is 0 Å². The van der Waals surface area contributed by atoms with Crippen LogP contribution in [-0.4, -0.2) is 58.3 Å². The van der Waals surface area contributed by atoms with E-state index >= 15 is 4.39 Å². The van der Waals surface area contributed by atoms with Gasteiger partial charge < -0.3 is 28.6 Å². The third kappa shape index (κ3) is 8.29. The van der Waals surface area contributed by atoms with Crippen LogP contribution in [0.25, 0.3) is 11.2 Å². The molecule has 8 rings (SSSR count). The molecule has 1 aliphatic rings. The maximum Gasteiger partial charge on any atom is 0.328 e. The van der Waals surface area contributed by atoms with Crippen molar-refractivity contribution >= 4 is 24.6 Å². The Kier molecular flexibility index (Phi) is 11.7. The number of ether oxygens (including phenoxy) is 3. The van der Waals surface area contributed by atoms with Crippen LogP contribution >= 0.6 is 7.60 Å². The fraction of sp³-hybridized carbons (Fsp3) is 0.222. The van der Waals surface area contributed by atoms with Crippen molar-refractivity contribution in [2.45, 2.75) is 43.4 Å². The van der Waals surface area contributed by atoms with Gasteiger partial charge in [0.05, 0.1) is 33.3 Å². The fourth-order valence-corrected chi connectivity index (χ4v) is 8.12. The van der Waals surface area contributed by atoms with Gasteiger partial charge in [-0.1, -0.05) is 133 Å². The first-order chi connectivity index (χ1) is 28.3. The molecule has 1 fully saturated rings. The SMILES string of the molecule is COc1ccc(COC2[C@H](n3cnc4c(NC(c5ccccc5)(c5ccccc5)c5ccccc5)ncnc43)O[C@H](COP(C)(=O)OCc3ccccc3)[C@H]2F)cc1. The van der Waals surface area contributed by atoms with Crippen molar-refractivity contribution in [3.63, 3.8) is 0 Å². The number of methoxy groups -OCH3 is 1. The van der Waals surface area contributed by atoms with Crippen LogP contribution in [0.1, 0.15) is 34.0 Å². The molecule has 296 valence electrons. The minimum atomic E-state index is -3.60. The van der Waals surface area contributed by atoms with E-state index < -0.39 is 37.7 Å². The van der Waals surface area contributed by atoms with Gasteiger partial charge in [-0.05, 0) is 39.9 Å². The zero-order valence-corrected chi connectivity index (χ0v) is 32.9. The van der Waals surface area contributed by atoms with Crippen LogP contribution in [0.2, 0.25) is 0 Å². The Labute approximate surface area is 336 Å². The first-order valence-electron chi connectivity index (χ1n) is 18.9. The highest BCUT2D eigenvalue weighted by Gasteiger charge is 2.48. The molecule has 58 heavy (non-hydrogen) atoms. The smallest absolute Gasteiger partial charge is 0.328 e. The van der Waals surface area contributed by atoms with Crippen LogP contribution in [0.4, 0.5) is 10.2 Å². The van der Waals surface area contributed by atoms with Gasteiger partial charge in [0.1, 0.15) is 29.8 Å². The molecular formula is C45H43FN5O6P. The van der Waals surface area contributed by atoms with Crippen LogP contribution in [0.15, 0.2) is 158 Å². The van der Waals surface area contributed by atoms with E-state index in [1.807, 2.05) is 109 Å². The second-order valence-corrected chi connectivity index (χ2v) is 16.0. The summed E-state index contributed by atoms with van der Waals surface area (Å²) >= 11 is 0. The van der Waals surface area contributed by atoms with Crippen molar-refractivity contribution in [3.8, 4) is 5.75 Å². The molecule has 0 saturated carbocycles. The summed E-state index contributed by atoms with van der Waals surface area (Å²) in [4.78, 5) is 14.2. The molecule has 0 radical (unpaired) electrons. The summed E-state index contributed by atoms with van der Waals surface area (Å²) in [5.41, 5.74) is 4.52. The number of hydrogen-bond acceptors (Lipinski definition) is 10. The lowest BCUT2D eigenvalue weighted by atomic mass is 9.77. The Balaban J connectivity index is 1.12. The highest BCUT2D eigenvalue weighted by atomic mass is 31.2. The minimum Gasteiger partial charge on any atom is -0.497 e. The summed E-state index contributed by atoms with van der Waals surface area (Å²) in [7, 11) is -2.01. The van der Waals surface area contributed by atoms with Gasteiger partial charge in [-0.15, -0.1) is 0 Å². The van der Waals surface area contributed by atoms with Crippen molar-refractivity contribution in [2.24, 2.45) is 0 Å². The number of anilines is 1. The van der Waals surface area contributed by atoms with Gasteiger partial charge in [0, 0.05) is 6.66 Å². The standard InChI is InChI=1S/C45H43FN5O6P/c1-53-37-25-23-33(24-26-37)27-54-41-39(46)38(29-56-58(2,52)55-28-32-15-7-3-8-16-32)57-44(41)51-31-49-40-42(47-30-48-43(40)51)50-45(34-17-9-4-10-18-34,35-19-11-5-12-20-35)36-21-13-6-14-22-36/h3-26,30-31,38-39,41,44H,27-29H2,1-2H3,(H,47,48,50)/t38-,39-,41?,44-,58?/m1/s1. The number of nitrogens with zero attached hydrogens (tertiary/aromatic N) is 4. The summed E-state index contributed by atoms with van der Waals surface area (Å²) in [6, 6.07) is 47.1. The Hall–Kier alpha value is -5.75.